The van der Waals surface area contributed by atoms with Crippen LogP contribution in [0.4, 0.5) is 0 Å². The molecule has 0 heterocycles. The molecule has 0 aliphatic carbocycles. The molecule has 0 aliphatic heterocycles. The molecule has 0 saturated carbocycles. The van der Waals surface area contributed by atoms with Gasteiger partial charge in [-0.05, 0) is 6.08 Å². The van der Waals surface area contributed by atoms with E-state index in [2.05, 4.69) is 10.1 Å². The van der Waals surface area contributed by atoms with E-state index in [0.29, 0.717) is 12.2 Å². The van der Waals surface area contributed by atoms with Crippen molar-refractivity contribution in [2.75, 3.05) is 13.8 Å². The maximum Gasteiger partial charge on any atom is 0.145 e. The number of ether oxygens (including phenoxy) is 1. The predicted octanol–water partition coefficient (Wildman–Crippen LogP) is -0.0727. The minimum absolute atomic E-state index is 0.374. The largest absolute Gasteiger partial charge is 0.386 e. The fraction of sp³-hybridized carbons (Fsp3) is 0.667. The van der Waals surface area contributed by atoms with E-state index in [1.165, 1.54) is 0 Å². The van der Waals surface area contributed by atoms with Crippen LogP contribution in [0, 0.1) is 0 Å². The van der Waals surface area contributed by atoms with Crippen LogP contribution in [0.3, 0.4) is 0 Å². The molecule has 0 fully saturated rings. The van der Waals surface area contributed by atoms with E-state index in [9.17, 15) is 0 Å². The van der Waals surface area contributed by atoms with Crippen molar-refractivity contribution in [3.05, 3.63) is 11.9 Å². The van der Waals surface area contributed by atoms with Crippen molar-refractivity contribution in [3.8, 4) is 0 Å². The third-order valence-corrected chi connectivity index (χ3v) is 1.37. The molecule has 0 spiro atoms. The van der Waals surface area contributed by atoms with Crippen LogP contribution in [0.25, 0.3) is 0 Å². The Labute approximate surface area is 71.0 Å². The lowest BCUT2D eigenvalue weighted by Crippen LogP contribution is -2.15. The van der Waals surface area contributed by atoms with Gasteiger partial charge in [-0.3, -0.25) is 0 Å². The lowest BCUT2D eigenvalue weighted by molar-refractivity contribution is -0.0164. The molecule has 5 heteroatoms. The molecule has 0 bridgehead atoms. The van der Waals surface area contributed by atoms with Crippen LogP contribution < -0.4 is 11.1 Å². The Hall–Kier alpha value is -0.450. The molecule has 0 saturated heterocycles. The average molecular weight is 181 g/mol. The van der Waals surface area contributed by atoms with Crippen LogP contribution in [-0.2, 0) is 4.74 Å². The molecule has 0 aromatic carbocycles. The first kappa shape index (κ1) is 10.6. The van der Waals surface area contributed by atoms with Gasteiger partial charge >= 0.3 is 0 Å². The highest BCUT2D eigenvalue weighted by molar-refractivity contribution is 6.19. The van der Waals surface area contributed by atoms with Gasteiger partial charge in [0.2, 0.25) is 0 Å². The van der Waals surface area contributed by atoms with Crippen LogP contribution in [0.5, 0.6) is 0 Å². The third kappa shape index (κ3) is 5.97. The monoisotopic (exact) mass is 180 g/mol. The van der Waals surface area contributed by atoms with Crippen LogP contribution in [0.2, 0.25) is 0 Å². The summed E-state index contributed by atoms with van der Waals surface area (Å²) in [6.45, 7) is -0.374. The van der Waals surface area contributed by atoms with Crippen LogP contribution in [0.1, 0.15) is 6.42 Å². The van der Waals surface area contributed by atoms with E-state index in [1.807, 2.05) is 0 Å². The van der Waals surface area contributed by atoms with Gasteiger partial charge < -0.3 is 20.9 Å². The Balaban J connectivity index is 3.50. The van der Waals surface area contributed by atoms with Crippen molar-refractivity contribution in [3.63, 3.8) is 0 Å². The molecule has 1 atom stereocenters. The molecule has 11 heavy (non-hydrogen) atoms. The van der Waals surface area contributed by atoms with E-state index >= 15 is 0 Å². The number of hydrogen-bond acceptors (Lipinski definition) is 4. The number of rotatable bonds is 5. The average Bonchev–Trinajstić information content (AvgIpc) is 2.01. The zero-order valence-electron chi connectivity index (χ0n) is 6.38. The van der Waals surface area contributed by atoms with E-state index < -0.39 is 5.56 Å². The first-order chi connectivity index (χ1) is 5.20. The Morgan fingerprint density at radius 3 is 3.00 bits per heavy atom. The predicted molar refractivity (Wildman–Crippen MR) is 43.8 cm³/mol. The fourth-order valence-electron chi connectivity index (χ4n) is 0.471. The number of halogens is 1. The zero-order valence-corrected chi connectivity index (χ0v) is 7.14. The van der Waals surface area contributed by atoms with Gasteiger partial charge in [-0.25, -0.2) is 0 Å². The van der Waals surface area contributed by atoms with E-state index in [0.717, 1.165) is 0 Å². The number of hydrogen-bond donors (Lipinski definition) is 3. The quantitative estimate of drug-likeness (QED) is 0.409. The van der Waals surface area contributed by atoms with Gasteiger partial charge in [0.15, 0.2) is 0 Å². The molecular formula is C6H13ClN2O2. The maximum absolute atomic E-state index is 8.28. The second-order valence-electron chi connectivity index (χ2n) is 1.85. The summed E-state index contributed by atoms with van der Waals surface area (Å²) in [4.78, 5) is 0. The summed E-state index contributed by atoms with van der Waals surface area (Å²) >= 11 is 5.57. The molecule has 0 rings (SSSR count). The Kier molecular flexibility index (Phi) is 6.02. The number of aliphatic hydroxyl groups is 1. The van der Waals surface area contributed by atoms with E-state index in [4.69, 9.17) is 22.4 Å². The number of aliphatic hydroxyl groups excluding tert-OH is 1. The molecule has 0 aromatic rings. The summed E-state index contributed by atoms with van der Waals surface area (Å²) in [5, 5.41) is 11.0. The molecule has 0 amide bonds. The summed E-state index contributed by atoms with van der Waals surface area (Å²) in [5.41, 5.74) is 4.87. The summed E-state index contributed by atoms with van der Waals surface area (Å²) < 4.78 is 4.63. The molecule has 0 aromatic heterocycles. The van der Waals surface area contributed by atoms with Gasteiger partial charge in [-0.15, -0.1) is 0 Å². The van der Waals surface area contributed by atoms with E-state index in [-0.39, 0.29) is 6.79 Å². The smallest absolute Gasteiger partial charge is 0.145 e. The Morgan fingerprint density at radius 1 is 1.91 bits per heavy atom. The minimum atomic E-state index is -0.521. The minimum Gasteiger partial charge on any atom is -0.386 e. The molecular weight excluding hydrogens is 168 g/mol. The lowest BCUT2D eigenvalue weighted by Gasteiger charge is -2.05. The van der Waals surface area contributed by atoms with Crippen molar-refractivity contribution in [2.45, 2.75) is 12.0 Å². The van der Waals surface area contributed by atoms with Gasteiger partial charge in [0.25, 0.3) is 0 Å². The summed E-state index contributed by atoms with van der Waals surface area (Å²) in [7, 11) is 1.71. The second-order valence-corrected chi connectivity index (χ2v) is 2.34. The van der Waals surface area contributed by atoms with Crippen molar-refractivity contribution in [1.29, 1.82) is 0 Å². The molecule has 0 radical (unpaired) electrons. The standard InChI is InChI=1S/C6H13ClN2O2/c1-9-6(8)3-2-5(7)11-4-10/h3,5,9-10H,2,4,8H2,1H3/b6-3-. The first-order valence-electron chi connectivity index (χ1n) is 3.20. The first-order valence-corrected chi connectivity index (χ1v) is 3.64. The van der Waals surface area contributed by atoms with Gasteiger partial charge in [0.05, 0.1) is 5.82 Å². The maximum atomic E-state index is 8.28. The third-order valence-electron chi connectivity index (χ3n) is 1.07. The molecule has 0 aliphatic rings. The second kappa shape index (κ2) is 6.27. The summed E-state index contributed by atoms with van der Waals surface area (Å²) in [5.74, 6) is 0.539. The van der Waals surface area contributed by atoms with Crippen molar-refractivity contribution in [2.24, 2.45) is 5.73 Å². The van der Waals surface area contributed by atoms with Gasteiger partial charge in [0, 0.05) is 13.5 Å². The van der Waals surface area contributed by atoms with Gasteiger partial charge in [-0.1, -0.05) is 11.6 Å². The zero-order chi connectivity index (χ0) is 8.69. The highest BCUT2D eigenvalue weighted by Crippen LogP contribution is 2.04. The molecule has 4 N–H and O–H groups in total. The van der Waals surface area contributed by atoms with Crippen molar-refractivity contribution < 1.29 is 9.84 Å². The SMILES string of the molecule is CN/C(N)=C\CC(Cl)OCO. The Bertz CT molecular complexity index is 130. The fourth-order valence-corrected chi connectivity index (χ4v) is 0.616. The van der Waals surface area contributed by atoms with Crippen LogP contribution >= 0.6 is 11.6 Å². The summed E-state index contributed by atoms with van der Waals surface area (Å²) in [6.07, 6.45) is 2.15. The topological polar surface area (TPSA) is 67.5 Å². The normalized spacial score (nSPS) is 14.6. The number of nitrogens with two attached hydrogens (primary N) is 1. The van der Waals surface area contributed by atoms with Crippen molar-refractivity contribution >= 4 is 11.6 Å². The van der Waals surface area contributed by atoms with E-state index in [1.54, 1.807) is 13.1 Å². The number of alkyl halides is 1. The van der Waals surface area contributed by atoms with Crippen molar-refractivity contribution in [1.82, 2.24) is 5.32 Å². The Morgan fingerprint density at radius 2 is 2.55 bits per heavy atom. The number of nitrogens with one attached hydrogen (secondary N) is 1. The highest BCUT2D eigenvalue weighted by Gasteiger charge is 2.00. The molecule has 66 valence electrons. The van der Waals surface area contributed by atoms with Gasteiger partial charge in [-0.2, -0.15) is 0 Å². The van der Waals surface area contributed by atoms with Gasteiger partial charge in [0.1, 0.15) is 12.4 Å². The molecule has 4 nitrogen and oxygen atoms in total. The lowest BCUT2D eigenvalue weighted by atomic mass is 10.4. The highest BCUT2D eigenvalue weighted by atomic mass is 35.5. The van der Waals surface area contributed by atoms with Crippen LogP contribution in [0.15, 0.2) is 11.9 Å². The molecule has 1 unspecified atom stereocenters. The summed E-state index contributed by atoms with van der Waals surface area (Å²) in [6, 6.07) is 0. The van der Waals surface area contributed by atoms with Crippen LogP contribution in [-0.4, -0.2) is 24.5 Å².